The van der Waals surface area contributed by atoms with Gasteiger partial charge in [-0.1, -0.05) is 11.6 Å². The first-order valence-corrected chi connectivity index (χ1v) is 10.6. The number of likely N-dealkylation sites (tertiary alicyclic amines) is 1. The molecule has 2 aliphatic rings. The van der Waals surface area contributed by atoms with E-state index in [1.54, 1.807) is 12.1 Å². The van der Waals surface area contributed by atoms with Gasteiger partial charge in [-0.25, -0.2) is 13.6 Å². The topological polar surface area (TPSA) is 49.8 Å². The predicted molar refractivity (Wildman–Crippen MR) is 110 cm³/mol. The molecule has 0 radical (unpaired) electrons. The van der Waals surface area contributed by atoms with Crippen molar-refractivity contribution in [1.82, 2.24) is 4.90 Å². The van der Waals surface area contributed by atoms with Crippen LogP contribution in [0.25, 0.3) is 0 Å². The van der Waals surface area contributed by atoms with Gasteiger partial charge in [0.25, 0.3) is 0 Å². The number of nitrogens with zero attached hydrogens (tertiary/aromatic N) is 1. The van der Waals surface area contributed by atoms with E-state index in [0.29, 0.717) is 12.5 Å². The second-order valence-corrected chi connectivity index (χ2v) is 8.67. The molecule has 2 aromatic carbocycles. The fraction of sp³-hybridized carbons (Fsp3) is 0.435. The smallest absolute Gasteiger partial charge is 0.338 e. The molecule has 1 aliphatic carbocycles. The second-order valence-electron chi connectivity index (χ2n) is 8.26. The molecule has 1 heterocycles. The van der Waals surface area contributed by atoms with E-state index in [4.69, 9.17) is 16.3 Å². The number of halogens is 3. The molecule has 2 aromatic rings. The van der Waals surface area contributed by atoms with E-state index in [1.807, 2.05) is 6.92 Å². The third kappa shape index (κ3) is 4.60. The van der Waals surface area contributed by atoms with E-state index in [1.165, 1.54) is 12.1 Å². The summed E-state index contributed by atoms with van der Waals surface area (Å²) < 4.78 is 34.3. The van der Waals surface area contributed by atoms with Crippen LogP contribution in [0.4, 0.5) is 8.78 Å². The molecule has 30 heavy (non-hydrogen) atoms. The average molecular weight is 436 g/mol. The largest absolute Gasteiger partial charge is 0.487 e. The number of rotatable bonds is 6. The van der Waals surface area contributed by atoms with Crippen LogP contribution in [0, 0.1) is 18.6 Å². The van der Waals surface area contributed by atoms with Crippen LogP contribution in [0.1, 0.15) is 58.6 Å². The minimum absolute atomic E-state index is 0.0573. The van der Waals surface area contributed by atoms with Crippen molar-refractivity contribution >= 4 is 17.6 Å². The van der Waals surface area contributed by atoms with Crippen LogP contribution in [0.3, 0.4) is 0 Å². The molecule has 1 aliphatic heterocycles. The zero-order valence-corrected chi connectivity index (χ0v) is 17.5. The van der Waals surface area contributed by atoms with Crippen LogP contribution in [-0.4, -0.2) is 35.2 Å². The minimum atomic E-state index is -1.23. The molecule has 4 nitrogen and oxygen atoms in total. The van der Waals surface area contributed by atoms with E-state index in [9.17, 15) is 18.7 Å². The van der Waals surface area contributed by atoms with Crippen LogP contribution in [0.5, 0.6) is 5.75 Å². The lowest BCUT2D eigenvalue weighted by Crippen LogP contribution is -2.38. The van der Waals surface area contributed by atoms with Crippen molar-refractivity contribution in [2.45, 2.75) is 51.2 Å². The first-order chi connectivity index (χ1) is 14.3. The Morgan fingerprint density at radius 1 is 1.17 bits per heavy atom. The highest BCUT2D eigenvalue weighted by atomic mass is 35.5. The molecule has 0 unspecified atom stereocenters. The highest BCUT2D eigenvalue weighted by Crippen LogP contribution is 2.43. The summed E-state index contributed by atoms with van der Waals surface area (Å²) in [5.74, 6) is -1.95. The van der Waals surface area contributed by atoms with Gasteiger partial charge in [0.15, 0.2) is 11.6 Å². The normalized spacial score (nSPS) is 17.9. The van der Waals surface area contributed by atoms with Crippen molar-refractivity contribution in [3.63, 3.8) is 0 Å². The molecule has 0 aromatic heterocycles. The Labute approximate surface area is 179 Å². The van der Waals surface area contributed by atoms with Crippen LogP contribution in [0.2, 0.25) is 5.02 Å². The molecule has 1 saturated heterocycles. The predicted octanol–water partition coefficient (Wildman–Crippen LogP) is 5.55. The Hall–Kier alpha value is -2.18. The average Bonchev–Trinajstić information content (AvgIpc) is 3.52. The molecule has 2 fully saturated rings. The van der Waals surface area contributed by atoms with Crippen molar-refractivity contribution in [2.75, 3.05) is 13.1 Å². The van der Waals surface area contributed by atoms with E-state index < -0.39 is 17.6 Å². The molecular formula is C23H24ClF2NO3. The Kier molecular flexibility index (Phi) is 5.98. The first kappa shape index (κ1) is 21.1. The number of carbonyl (C=O) groups is 1. The SMILES string of the molecule is Cc1cc(Cl)c(F)c(OC2CCN(Cc3cc(F)c(C(=O)O)cc3C3CC3)CC2)c1. The number of ether oxygens (including phenoxy) is 1. The Balaban J connectivity index is 1.41. The molecule has 0 atom stereocenters. The molecule has 1 saturated carbocycles. The molecule has 160 valence electrons. The first-order valence-electron chi connectivity index (χ1n) is 10.2. The Bertz CT molecular complexity index is 969. The zero-order valence-electron chi connectivity index (χ0n) is 16.8. The summed E-state index contributed by atoms with van der Waals surface area (Å²) in [5, 5.41) is 9.27. The summed E-state index contributed by atoms with van der Waals surface area (Å²) in [6.45, 7) is 3.88. The van der Waals surface area contributed by atoms with Gasteiger partial charge < -0.3 is 9.84 Å². The van der Waals surface area contributed by atoms with Crippen molar-refractivity contribution in [3.8, 4) is 5.75 Å². The van der Waals surface area contributed by atoms with Crippen molar-refractivity contribution in [3.05, 3.63) is 63.2 Å². The van der Waals surface area contributed by atoms with Gasteiger partial charge in [0, 0.05) is 19.6 Å². The van der Waals surface area contributed by atoms with Crippen LogP contribution in [0.15, 0.2) is 24.3 Å². The fourth-order valence-electron chi connectivity index (χ4n) is 4.09. The van der Waals surface area contributed by atoms with Gasteiger partial charge in [0.05, 0.1) is 10.6 Å². The number of piperidine rings is 1. The Morgan fingerprint density at radius 2 is 1.87 bits per heavy atom. The summed E-state index contributed by atoms with van der Waals surface area (Å²) in [5.41, 5.74) is 2.39. The van der Waals surface area contributed by atoms with Crippen molar-refractivity contribution < 1.29 is 23.4 Å². The highest BCUT2D eigenvalue weighted by Gasteiger charge is 2.30. The third-order valence-electron chi connectivity index (χ3n) is 5.84. The molecule has 7 heteroatoms. The van der Waals surface area contributed by atoms with E-state index in [0.717, 1.165) is 55.5 Å². The van der Waals surface area contributed by atoms with Gasteiger partial charge in [0.2, 0.25) is 0 Å². The number of carboxylic acids is 1. The summed E-state index contributed by atoms with van der Waals surface area (Å²) >= 11 is 5.91. The fourth-order valence-corrected chi connectivity index (χ4v) is 4.36. The van der Waals surface area contributed by atoms with Gasteiger partial charge in [-0.15, -0.1) is 0 Å². The number of hydrogen-bond donors (Lipinski definition) is 1. The van der Waals surface area contributed by atoms with Gasteiger partial charge in [-0.2, -0.15) is 0 Å². The Morgan fingerprint density at radius 3 is 2.50 bits per heavy atom. The maximum atomic E-state index is 14.3. The molecule has 0 spiro atoms. The number of benzene rings is 2. The highest BCUT2D eigenvalue weighted by molar-refractivity contribution is 6.30. The third-order valence-corrected chi connectivity index (χ3v) is 6.11. The molecule has 0 amide bonds. The van der Waals surface area contributed by atoms with Gasteiger partial charge in [-0.05, 0) is 79.5 Å². The standard InChI is InChI=1S/C23H24ClF2NO3/c1-13-8-19(24)22(26)21(9-13)30-16-4-6-27(7-5-16)12-15-10-20(25)18(23(28)29)11-17(15)14-2-3-14/h8-11,14,16H,2-7,12H2,1H3,(H,28,29). The molecule has 4 rings (SSSR count). The van der Waals surface area contributed by atoms with E-state index in [2.05, 4.69) is 4.90 Å². The summed E-state index contributed by atoms with van der Waals surface area (Å²) in [6, 6.07) is 6.11. The monoisotopic (exact) mass is 435 g/mol. The summed E-state index contributed by atoms with van der Waals surface area (Å²) in [7, 11) is 0. The summed E-state index contributed by atoms with van der Waals surface area (Å²) in [6.07, 6.45) is 3.36. The van der Waals surface area contributed by atoms with Gasteiger partial charge in [-0.3, -0.25) is 4.90 Å². The van der Waals surface area contributed by atoms with Crippen molar-refractivity contribution in [1.29, 1.82) is 0 Å². The van der Waals surface area contributed by atoms with Crippen LogP contribution < -0.4 is 4.74 Å². The number of hydrogen-bond acceptors (Lipinski definition) is 3. The number of carboxylic acid groups (broad SMARTS) is 1. The second kappa shape index (κ2) is 8.52. The maximum Gasteiger partial charge on any atom is 0.338 e. The van der Waals surface area contributed by atoms with Crippen molar-refractivity contribution in [2.24, 2.45) is 0 Å². The quantitative estimate of drug-likeness (QED) is 0.646. The van der Waals surface area contributed by atoms with Gasteiger partial charge >= 0.3 is 5.97 Å². The lowest BCUT2D eigenvalue weighted by atomic mass is 9.98. The maximum absolute atomic E-state index is 14.3. The summed E-state index contributed by atoms with van der Waals surface area (Å²) in [4.78, 5) is 13.5. The molecular weight excluding hydrogens is 412 g/mol. The number of aromatic carboxylic acids is 1. The molecule has 1 N–H and O–H groups in total. The minimum Gasteiger partial charge on any atom is -0.487 e. The van der Waals surface area contributed by atoms with Gasteiger partial charge in [0.1, 0.15) is 11.9 Å². The van der Waals surface area contributed by atoms with E-state index >= 15 is 0 Å². The van der Waals surface area contributed by atoms with Crippen LogP contribution >= 0.6 is 11.6 Å². The zero-order chi connectivity index (χ0) is 21.4. The lowest BCUT2D eigenvalue weighted by Gasteiger charge is -2.32. The lowest BCUT2D eigenvalue weighted by molar-refractivity contribution is 0.0691. The molecule has 0 bridgehead atoms. The van der Waals surface area contributed by atoms with Crippen LogP contribution in [-0.2, 0) is 6.54 Å². The van der Waals surface area contributed by atoms with E-state index in [-0.39, 0.29) is 22.4 Å². The number of aryl methyl sites for hydroxylation is 1.